The fourth-order valence-corrected chi connectivity index (χ4v) is 3.17. The van der Waals surface area contributed by atoms with Crippen LogP contribution in [0.2, 0.25) is 5.02 Å². The Morgan fingerprint density at radius 1 is 1.17 bits per heavy atom. The SMILES string of the molecule is COc1ccc(NC(N)=NCC2(c3ccc(Cl)cc3)CCC2)cc1. The third kappa shape index (κ3) is 3.65. The van der Waals surface area contributed by atoms with Crippen molar-refractivity contribution in [1.82, 2.24) is 0 Å². The molecule has 0 unspecified atom stereocenters. The maximum Gasteiger partial charge on any atom is 0.193 e. The summed E-state index contributed by atoms with van der Waals surface area (Å²) >= 11 is 6.00. The monoisotopic (exact) mass is 343 g/mol. The van der Waals surface area contributed by atoms with Crippen LogP contribution in [0.3, 0.4) is 0 Å². The highest BCUT2D eigenvalue weighted by molar-refractivity contribution is 6.30. The fraction of sp³-hybridized carbons (Fsp3) is 0.316. The Labute approximate surface area is 147 Å². The van der Waals surface area contributed by atoms with Gasteiger partial charge in [0.15, 0.2) is 5.96 Å². The zero-order chi connectivity index (χ0) is 17.0. The predicted octanol–water partition coefficient (Wildman–Crippen LogP) is 4.20. The summed E-state index contributed by atoms with van der Waals surface area (Å²) in [5.74, 6) is 1.24. The Hall–Kier alpha value is -2.20. The quantitative estimate of drug-likeness (QED) is 0.632. The molecule has 4 nitrogen and oxygen atoms in total. The lowest BCUT2D eigenvalue weighted by Gasteiger charge is -2.41. The number of rotatable bonds is 5. The van der Waals surface area contributed by atoms with E-state index in [0.29, 0.717) is 12.5 Å². The molecule has 3 N–H and O–H groups in total. The van der Waals surface area contributed by atoms with Gasteiger partial charge in [0.1, 0.15) is 5.75 Å². The largest absolute Gasteiger partial charge is 0.497 e. The van der Waals surface area contributed by atoms with Gasteiger partial charge in [0.05, 0.1) is 13.7 Å². The van der Waals surface area contributed by atoms with Gasteiger partial charge in [0, 0.05) is 16.1 Å². The van der Waals surface area contributed by atoms with Crippen molar-refractivity contribution in [2.24, 2.45) is 10.7 Å². The van der Waals surface area contributed by atoms with E-state index in [2.05, 4.69) is 22.4 Å². The van der Waals surface area contributed by atoms with Crippen LogP contribution in [0.15, 0.2) is 53.5 Å². The van der Waals surface area contributed by atoms with Crippen LogP contribution in [0.25, 0.3) is 0 Å². The molecule has 0 amide bonds. The minimum Gasteiger partial charge on any atom is -0.497 e. The van der Waals surface area contributed by atoms with Gasteiger partial charge in [-0.3, -0.25) is 4.99 Å². The standard InChI is InChI=1S/C19H22ClN3O/c1-24-17-9-7-16(8-10-17)23-18(21)22-13-19(11-2-12-19)14-3-5-15(20)6-4-14/h3-10H,2,11-13H2,1H3,(H3,21,22,23). The van der Waals surface area contributed by atoms with Gasteiger partial charge < -0.3 is 15.8 Å². The molecule has 24 heavy (non-hydrogen) atoms. The summed E-state index contributed by atoms with van der Waals surface area (Å²) < 4.78 is 5.15. The third-order valence-corrected chi connectivity index (χ3v) is 4.93. The van der Waals surface area contributed by atoms with Crippen LogP contribution in [-0.2, 0) is 5.41 Å². The molecule has 1 aliphatic carbocycles. The molecule has 5 heteroatoms. The Morgan fingerprint density at radius 3 is 2.38 bits per heavy atom. The van der Waals surface area contributed by atoms with E-state index in [-0.39, 0.29) is 5.41 Å². The zero-order valence-electron chi connectivity index (χ0n) is 13.8. The number of guanidine groups is 1. The van der Waals surface area contributed by atoms with Gasteiger partial charge in [-0.2, -0.15) is 0 Å². The van der Waals surface area contributed by atoms with Crippen molar-refractivity contribution in [3.05, 3.63) is 59.1 Å². The van der Waals surface area contributed by atoms with Crippen LogP contribution in [-0.4, -0.2) is 19.6 Å². The molecule has 1 aliphatic rings. The lowest BCUT2D eigenvalue weighted by atomic mass is 9.64. The molecule has 0 radical (unpaired) electrons. The smallest absolute Gasteiger partial charge is 0.193 e. The van der Waals surface area contributed by atoms with Crippen molar-refractivity contribution in [2.75, 3.05) is 19.0 Å². The second-order valence-corrected chi connectivity index (χ2v) is 6.63. The number of nitrogens with one attached hydrogen (secondary N) is 1. The summed E-state index contributed by atoms with van der Waals surface area (Å²) in [6, 6.07) is 15.7. The van der Waals surface area contributed by atoms with Crippen molar-refractivity contribution in [3.8, 4) is 5.75 Å². The first-order valence-corrected chi connectivity index (χ1v) is 8.46. The molecule has 0 heterocycles. The highest BCUT2D eigenvalue weighted by atomic mass is 35.5. The van der Waals surface area contributed by atoms with E-state index in [1.165, 1.54) is 12.0 Å². The number of nitrogens with two attached hydrogens (primary N) is 1. The molecule has 2 aromatic carbocycles. The van der Waals surface area contributed by atoms with Gasteiger partial charge in [0.25, 0.3) is 0 Å². The second-order valence-electron chi connectivity index (χ2n) is 6.20. The summed E-state index contributed by atoms with van der Waals surface area (Å²) in [6.45, 7) is 0.684. The summed E-state index contributed by atoms with van der Waals surface area (Å²) in [5, 5.41) is 3.89. The van der Waals surface area contributed by atoms with E-state index < -0.39 is 0 Å². The number of anilines is 1. The van der Waals surface area contributed by atoms with Crippen molar-refractivity contribution < 1.29 is 4.74 Å². The highest BCUT2D eigenvalue weighted by Crippen LogP contribution is 2.44. The Kier molecular flexibility index (Phi) is 4.95. The number of hydrogen-bond donors (Lipinski definition) is 2. The van der Waals surface area contributed by atoms with Crippen LogP contribution in [0, 0.1) is 0 Å². The molecule has 0 spiro atoms. The minimum atomic E-state index is 0.0940. The van der Waals surface area contributed by atoms with Crippen molar-refractivity contribution >= 4 is 23.2 Å². The van der Waals surface area contributed by atoms with Gasteiger partial charge in [-0.15, -0.1) is 0 Å². The van der Waals surface area contributed by atoms with Gasteiger partial charge in [-0.25, -0.2) is 0 Å². The summed E-state index contributed by atoms with van der Waals surface area (Å²) in [6.07, 6.45) is 3.49. The predicted molar refractivity (Wildman–Crippen MR) is 100 cm³/mol. The molecular weight excluding hydrogens is 322 g/mol. The Bertz CT molecular complexity index is 706. The lowest BCUT2D eigenvalue weighted by Crippen LogP contribution is -2.38. The highest BCUT2D eigenvalue weighted by Gasteiger charge is 2.38. The fourth-order valence-electron chi connectivity index (χ4n) is 3.04. The van der Waals surface area contributed by atoms with Gasteiger partial charge in [-0.1, -0.05) is 30.2 Å². The number of ether oxygens (including phenoxy) is 1. The molecule has 1 fully saturated rings. The number of methoxy groups -OCH3 is 1. The Balaban J connectivity index is 1.67. The molecule has 0 atom stereocenters. The molecule has 0 aromatic heterocycles. The van der Waals surface area contributed by atoms with Crippen LogP contribution >= 0.6 is 11.6 Å². The van der Waals surface area contributed by atoms with Crippen molar-refractivity contribution in [2.45, 2.75) is 24.7 Å². The molecule has 0 bridgehead atoms. The van der Waals surface area contributed by atoms with Gasteiger partial charge in [0.2, 0.25) is 0 Å². The summed E-state index contributed by atoms with van der Waals surface area (Å²) in [4.78, 5) is 4.57. The number of hydrogen-bond acceptors (Lipinski definition) is 2. The summed E-state index contributed by atoms with van der Waals surface area (Å²) in [7, 11) is 1.65. The average Bonchev–Trinajstić information content (AvgIpc) is 2.56. The lowest BCUT2D eigenvalue weighted by molar-refractivity contribution is 0.254. The maximum atomic E-state index is 6.05. The second kappa shape index (κ2) is 7.14. The molecule has 0 saturated heterocycles. The molecule has 1 saturated carbocycles. The van der Waals surface area contributed by atoms with Gasteiger partial charge in [-0.05, 0) is 54.8 Å². The number of aliphatic imine (C=N–C) groups is 1. The van der Waals surface area contributed by atoms with Crippen LogP contribution < -0.4 is 15.8 Å². The molecule has 0 aliphatic heterocycles. The molecule has 2 aromatic rings. The molecule has 3 rings (SSSR count). The number of benzene rings is 2. The third-order valence-electron chi connectivity index (χ3n) is 4.68. The zero-order valence-corrected chi connectivity index (χ0v) is 14.5. The Morgan fingerprint density at radius 2 is 1.83 bits per heavy atom. The molecule has 126 valence electrons. The van der Waals surface area contributed by atoms with E-state index >= 15 is 0 Å². The first-order valence-electron chi connectivity index (χ1n) is 8.08. The van der Waals surface area contributed by atoms with E-state index in [9.17, 15) is 0 Å². The van der Waals surface area contributed by atoms with Crippen molar-refractivity contribution in [3.63, 3.8) is 0 Å². The number of nitrogens with zero attached hydrogens (tertiary/aromatic N) is 1. The van der Waals surface area contributed by atoms with E-state index in [0.717, 1.165) is 29.3 Å². The first kappa shape index (κ1) is 16.7. The van der Waals surface area contributed by atoms with Crippen molar-refractivity contribution in [1.29, 1.82) is 0 Å². The summed E-state index contributed by atoms with van der Waals surface area (Å²) in [5.41, 5.74) is 8.33. The molecular formula is C19H22ClN3O. The first-order chi connectivity index (χ1) is 11.6. The van der Waals surface area contributed by atoms with Gasteiger partial charge >= 0.3 is 0 Å². The van der Waals surface area contributed by atoms with E-state index in [1.807, 2.05) is 36.4 Å². The minimum absolute atomic E-state index is 0.0940. The van der Waals surface area contributed by atoms with E-state index in [4.69, 9.17) is 22.1 Å². The number of halogens is 1. The average molecular weight is 344 g/mol. The van der Waals surface area contributed by atoms with E-state index in [1.54, 1.807) is 7.11 Å². The topological polar surface area (TPSA) is 59.6 Å². The van der Waals surface area contributed by atoms with Crippen LogP contribution in [0.4, 0.5) is 5.69 Å². The maximum absolute atomic E-state index is 6.05. The van der Waals surface area contributed by atoms with Crippen LogP contribution in [0.1, 0.15) is 24.8 Å². The van der Waals surface area contributed by atoms with Crippen LogP contribution in [0.5, 0.6) is 5.75 Å². The normalized spacial score (nSPS) is 16.3.